The molecule has 1 saturated heterocycles. The van der Waals surface area contributed by atoms with E-state index in [9.17, 15) is 31.9 Å². The highest BCUT2D eigenvalue weighted by molar-refractivity contribution is 6.32. The Balaban J connectivity index is 1.77. The summed E-state index contributed by atoms with van der Waals surface area (Å²) >= 11 is 6.15. The minimum atomic E-state index is -4.54. The van der Waals surface area contributed by atoms with Gasteiger partial charge in [-0.3, -0.25) is 14.6 Å². The van der Waals surface area contributed by atoms with Crippen LogP contribution in [0.25, 0.3) is 0 Å². The molecule has 1 aliphatic rings. The van der Waals surface area contributed by atoms with Crippen LogP contribution in [0.2, 0.25) is 5.02 Å². The first-order valence-electron chi connectivity index (χ1n) is 10.4. The molecule has 0 aromatic heterocycles. The van der Waals surface area contributed by atoms with Crippen molar-refractivity contribution >= 4 is 35.2 Å². The average Bonchev–Trinajstić information content (AvgIpc) is 3.04. The van der Waals surface area contributed by atoms with Crippen LogP contribution in [0.5, 0.6) is 5.75 Å². The maximum absolute atomic E-state index is 14.8. The molecular weight excluding hydrogens is 496 g/mol. The van der Waals surface area contributed by atoms with Crippen molar-refractivity contribution < 1.29 is 41.4 Å². The number of rotatable bonds is 7. The summed E-state index contributed by atoms with van der Waals surface area (Å²) in [6.07, 6.45) is -4.54. The number of esters is 1. The number of anilines is 1. The quantitative estimate of drug-likeness (QED) is 0.288. The topological polar surface area (TPSA) is 76.2 Å². The van der Waals surface area contributed by atoms with Crippen LogP contribution < -0.4 is 9.64 Å². The number of halogens is 5. The third-order valence-electron chi connectivity index (χ3n) is 5.09. The predicted octanol–water partition coefficient (Wildman–Crippen LogP) is 5.19. The van der Waals surface area contributed by atoms with E-state index < -0.39 is 53.4 Å². The Hall–Kier alpha value is -3.34. The van der Waals surface area contributed by atoms with Crippen molar-refractivity contribution in [3.8, 4) is 5.75 Å². The van der Waals surface area contributed by atoms with Gasteiger partial charge < -0.3 is 9.47 Å². The van der Waals surface area contributed by atoms with E-state index >= 15 is 0 Å². The normalized spacial score (nSPS) is 14.5. The molecule has 1 heterocycles. The van der Waals surface area contributed by atoms with Crippen LogP contribution in [0, 0.1) is 5.82 Å². The zero-order valence-electron chi connectivity index (χ0n) is 18.9. The number of imide groups is 1. The van der Waals surface area contributed by atoms with Gasteiger partial charge in [0.15, 0.2) is 17.2 Å². The van der Waals surface area contributed by atoms with Gasteiger partial charge >= 0.3 is 18.2 Å². The molecule has 0 aliphatic carbocycles. The molecule has 1 fully saturated rings. The molecule has 2 aromatic carbocycles. The molecule has 0 atom stereocenters. The Morgan fingerprint density at radius 2 is 1.74 bits per heavy atom. The smallest absolute Gasteiger partial charge is 0.416 e. The van der Waals surface area contributed by atoms with Crippen LogP contribution in [0.1, 0.15) is 31.9 Å². The Bertz CT molecular complexity index is 1130. The molecule has 12 heteroatoms. The summed E-state index contributed by atoms with van der Waals surface area (Å²) < 4.78 is 63.5. The predicted molar refractivity (Wildman–Crippen MR) is 117 cm³/mol. The van der Waals surface area contributed by atoms with Crippen LogP contribution in [0.4, 0.5) is 28.0 Å². The van der Waals surface area contributed by atoms with E-state index in [0.29, 0.717) is 0 Å². The SMILES string of the molecule is CCOC(=O)C(C)(C)Oc1c(F)cc(CN2C(=O)CN(c3ccc(C(F)(F)F)cc3)C2=O)cc1Cl. The molecule has 7 nitrogen and oxygen atoms in total. The second-order valence-electron chi connectivity index (χ2n) is 8.11. The van der Waals surface area contributed by atoms with Gasteiger partial charge in [0.25, 0.3) is 5.91 Å². The van der Waals surface area contributed by atoms with Crippen molar-refractivity contribution in [2.75, 3.05) is 18.1 Å². The summed E-state index contributed by atoms with van der Waals surface area (Å²) in [5.41, 5.74) is -2.17. The zero-order valence-corrected chi connectivity index (χ0v) is 19.7. The van der Waals surface area contributed by atoms with Crippen molar-refractivity contribution in [2.45, 2.75) is 39.1 Å². The first-order valence-corrected chi connectivity index (χ1v) is 10.8. The van der Waals surface area contributed by atoms with E-state index in [4.69, 9.17) is 21.1 Å². The number of hydrogen-bond acceptors (Lipinski definition) is 5. The molecule has 188 valence electrons. The third-order valence-corrected chi connectivity index (χ3v) is 5.37. The lowest BCUT2D eigenvalue weighted by atomic mass is 10.1. The second kappa shape index (κ2) is 9.73. The standard InChI is InChI=1S/C23H21ClF4N2O5/c1-4-34-20(32)22(2,3)35-19-16(24)9-13(10-17(19)25)11-30-18(31)12-29(21(30)33)15-7-5-14(6-8-15)23(26,27)28/h5-10H,4,11-12H2,1-3H3. The van der Waals surface area contributed by atoms with Crippen molar-refractivity contribution in [1.82, 2.24) is 4.90 Å². The lowest BCUT2D eigenvalue weighted by Crippen LogP contribution is -2.40. The number of carbonyl (C=O) groups excluding carboxylic acids is 3. The lowest BCUT2D eigenvalue weighted by molar-refractivity contribution is -0.158. The fraction of sp³-hybridized carbons (Fsp3) is 0.348. The Labute approximate surface area is 203 Å². The maximum Gasteiger partial charge on any atom is 0.416 e. The minimum absolute atomic E-state index is 0.0994. The average molecular weight is 517 g/mol. The van der Waals surface area contributed by atoms with Gasteiger partial charge in [0.2, 0.25) is 0 Å². The number of carbonyl (C=O) groups is 3. The van der Waals surface area contributed by atoms with E-state index in [0.717, 1.165) is 40.1 Å². The van der Waals surface area contributed by atoms with Gasteiger partial charge in [0, 0.05) is 5.69 Å². The number of nitrogens with zero attached hydrogens (tertiary/aromatic N) is 2. The van der Waals surface area contributed by atoms with Crippen LogP contribution in [0.15, 0.2) is 36.4 Å². The molecule has 2 aromatic rings. The summed E-state index contributed by atoms with van der Waals surface area (Å²) in [7, 11) is 0. The van der Waals surface area contributed by atoms with Crippen LogP contribution in [0.3, 0.4) is 0 Å². The lowest BCUT2D eigenvalue weighted by Gasteiger charge is -2.25. The minimum Gasteiger partial charge on any atom is -0.472 e. The van der Waals surface area contributed by atoms with Gasteiger partial charge in [-0.25, -0.2) is 14.0 Å². The van der Waals surface area contributed by atoms with E-state index in [1.54, 1.807) is 6.92 Å². The van der Waals surface area contributed by atoms with Crippen molar-refractivity contribution in [3.63, 3.8) is 0 Å². The maximum atomic E-state index is 14.8. The molecule has 0 unspecified atom stereocenters. The highest BCUT2D eigenvalue weighted by atomic mass is 35.5. The fourth-order valence-corrected chi connectivity index (χ4v) is 3.58. The fourth-order valence-electron chi connectivity index (χ4n) is 3.31. The Morgan fingerprint density at radius 1 is 1.11 bits per heavy atom. The van der Waals surface area contributed by atoms with Crippen LogP contribution in [-0.2, 0) is 27.0 Å². The Kier molecular flexibility index (Phi) is 7.30. The van der Waals surface area contributed by atoms with E-state index in [1.807, 2.05) is 0 Å². The molecule has 0 saturated carbocycles. The number of amides is 3. The highest BCUT2D eigenvalue weighted by Gasteiger charge is 2.38. The highest BCUT2D eigenvalue weighted by Crippen LogP contribution is 2.34. The van der Waals surface area contributed by atoms with E-state index in [2.05, 4.69) is 0 Å². The van der Waals surface area contributed by atoms with Gasteiger partial charge in [-0.2, -0.15) is 13.2 Å². The summed E-state index contributed by atoms with van der Waals surface area (Å²) in [6.45, 7) is 3.73. The number of hydrogen-bond donors (Lipinski definition) is 0. The number of alkyl halides is 3. The summed E-state index contributed by atoms with van der Waals surface area (Å²) in [6, 6.07) is 5.29. The summed E-state index contributed by atoms with van der Waals surface area (Å²) in [5.74, 6) is -2.69. The first kappa shape index (κ1) is 26.3. The van der Waals surface area contributed by atoms with Gasteiger partial charge in [0.1, 0.15) is 6.54 Å². The molecule has 0 N–H and O–H groups in total. The molecule has 35 heavy (non-hydrogen) atoms. The summed E-state index contributed by atoms with van der Waals surface area (Å²) in [4.78, 5) is 39.1. The first-order chi connectivity index (χ1) is 16.2. The number of ether oxygens (including phenoxy) is 2. The second-order valence-corrected chi connectivity index (χ2v) is 8.52. The van der Waals surface area contributed by atoms with E-state index in [1.165, 1.54) is 19.9 Å². The van der Waals surface area contributed by atoms with Crippen LogP contribution in [-0.4, -0.2) is 41.6 Å². The van der Waals surface area contributed by atoms with E-state index in [-0.39, 0.29) is 29.4 Å². The van der Waals surface area contributed by atoms with Crippen molar-refractivity contribution in [2.24, 2.45) is 0 Å². The summed E-state index contributed by atoms with van der Waals surface area (Å²) in [5, 5.41) is -0.198. The molecular formula is C23H21ClF4N2O5. The number of urea groups is 1. The molecule has 0 radical (unpaired) electrons. The molecule has 1 aliphatic heterocycles. The van der Waals surface area contributed by atoms with Gasteiger partial charge in [-0.1, -0.05) is 11.6 Å². The molecule has 0 spiro atoms. The molecule has 3 amide bonds. The number of benzene rings is 2. The largest absolute Gasteiger partial charge is 0.472 e. The van der Waals surface area contributed by atoms with Gasteiger partial charge in [-0.15, -0.1) is 0 Å². The van der Waals surface area contributed by atoms with Crippen LogP contribution >= 0.6 is 11.6 Å². The monoisotopic (exact) mass is 516 g/mol. The molecule has 0 bridgehead atoms. The third kappa shape index (κ3) is 5.67. The van der Waals surface area contributed by atoms with Crippen molar-refractivity contribution in [1.29, 1.82) is 0 Å². The van der Waals surface area contributed by atoms with Gasteiger partial charge in [-0.05, 0) is 62.7 Å². The Morgan fingerprint density at radius 3 is 2.29 bits per heavy atom. The van der Waals surface area contributed by atoms with Gasteiger partial charge in [0.05, 0.1) is 23.7 Å². The van der Waals surface area contributed by atoms with Crippen molar-refractivity contribution in [3.05, 3.63) is 58.4 Å². The molecule has 3 rings (SSSR count). The zero-order chi connectivity index (χ0) is 26.1.